The van der Waals surface area contributed by atoms with E-state index in [9.17, 15) is 14.4 Å². The van der Waals surface area contributed by atoms with E-state index in [4.69, 9.17) is 14.2 Å². The van der Waals surface area contributed by atoms with Gasteiger partial charge in [0.1, 0.15) is 0 Å². The first kappa shape index (κ1) is 26.8. The summed E-state index contributed by atoms with van der Waals surface area (Å²) >= 11 is 0. The second-order valence-corrected chi connectivity index (χ2v) is 8.91. The lowest BCUT2D eigenvalue weighted by Gasteiger charge is -2.16. The zero-order valence-corrected chi connectivity index (χ0v) is 21.6. The largest absolute Gasteiger partial charge is 0.493 e. The van der Waals surface area contributed by atoms with Gasteiger partial charge < -0.3 is 24.4 Å². The molecule has 194 valence electrons. The van der Waals surface area contributed by atoms with Crippen molar-refractivity contribution < 1.29 is 28.6 Å². The van der Waals surface area contributed by atoms with Crippen molar-refractivity contribution in [3.05, 3.63) is 42.0 Å². The van der Waals surface area contributed by atoms with Gasteiger partial charge in [-0.2, -0.15) is 0 Å². The third-order valence-corrected chi connectivity index (χ3v) is 6.41. The number of nitrogens with one attached hydrogen (secondary N) is 1. The van der Waals surface area contributed by atoms with Gasteiger partial charge in [0.05, 0.1) is 34.4 Å². The van der Waals surface area contributed by atoms with Crippen molar-refractivity contribution in [1.82, 2.24) is 15.1 Å². The molecule has 2 fully saturated rings. The van der Waals surface area contributed by atoms with Crippen LogP contribution in [0, 0.1) is 5.92 Å². The topological polar surface area (TPSA) is 97.4 Å². The summed E-state index contributed by atoms with van der Waals surface area (Å²) in [7, 11) is 6.60. The average molecular weight is 498 g/mol. The first-order valence-electron chi connectivity index (χ1n) is 12.0. The van der Waals surface area contributed by atoms with E-state index in [1.54, 1.807) is 21.3 Å². The van der Waals surface area contributed by atoms with Gasteiger partial charge in [-0.25, -0.2) is 4.79 Å². The van der Waals surface area contributed by atoms with Gasteiger partial charge in [-0.05, 0) is 41.7 Å². The van der Waals surface area contributed by atoms with E-state index in [2.05, 4.69) is 5.32 Å². The summed E-state index contributed by atoms with van der Waals surface area (Å²) in [5, 5.41) is 2.51. The minimum absolute atomic E-state index is 0.0579. The molecule has 1 N–H and O–H groups in total. The second-order valence-electron chi connectivity index (χ2n) is 8.91. The summed E-state index contributed by atoms with van der Waals surface area (Å²) in [6.45, 7) is 3.27. The first-order valence-corrected chi connectivity index (χ1v) is 12.0. The highest BCUT2D eigenvalue weighted by Gasteiger charge is 2.28. The highest BCUT2D eigenvalue weighted by molar-refractivity contribution is 6.01. The number of likely N-dealkylation sites (tertiary alicyclic amines) is 1. The van der Waals surface area contributed by atoms with E-state index in [0.717, 1.165) is 29.7 Å². The number of hydrogen-bond acceptors (Lipinski definition) is 6. The molecule has 2 aliphatic heterocycles. The van der Waals surface area contributed by atoms with Crippen LogP contribution >= 0.6 is 0 Å². The van der Waals surface area contributed by atoms with Crippen molar-refractivity contribution in [2.75, 3.05) is 41.5 Å². The molecule has 0 aromatic heterocycles. The number of benzene rings is 2. The molecule has 4 rings (SSSR count). The molecule has 0 bridgehead atoms. The molecule has 1 atom stereocenters. The van der Waals surface area contributed by atoms with Crippen LogP contribution in [0.1, 0.15) is 31.7 Å². The van der Waals surface area contributed by atoms with Crippen molar-refractivity contribution in [2.24, 2.45) is 5.92 Å². The van der Waals surface area contributed by atoms with E-state index in [1.807, 2.05) is 55.3 Å². The molecular weight excluding hydrogens is 462 g/mol. The molecule has 0 saturated carbocycles. The molecule has 9 nitrogen and oxygen atoms in total. The van der Waals surface area contributed by atoms with Crippen molar-refractivity contribution in [2.45, 2.75) is 32.7 Å². The van der Waals surface area contributed by atoms with Crippen LogP contribution in [-0.2, 0) is 16.1 Å². The molecule has 2 saturated heterocycles. The number of urea groups is 1. The van der Waals surface area contributed by atoms with Crippen molar-refractivity contribution >= 4 is 17.8 Å². The van der Waals surface area contributed by atoms with Crippen molar-refractivity contribution in [3.63, 3.8) is 0 Å². The number of nitrogens with zero attached hydrogens (tertiary/aromatic N) is 2. The molecule has 0 aliphatic carbocycles. The summed E-state index contributed by atoms with van der Waals surface area (Å²) in [6, 6.07) is 11.0. The van der Waals surface area contributed by atoms with Crippen LogP contribution in [0.25, 0.3) is 11.1 Å². The zero-order valence-electron chi connectivity index (χ0n) is 21.6. The van der Waals surface area contributed by atoms with E-state index in [-0.39, 0.29) is 30.9 Å². The lowest BCUT2D eigenvalue weighted by molar-refractivity contribution is -0.133. The lowest BCUT2D eigenvalue weighted by atomic mass is 10.0. The fraction of sp³-hybridized carbons (Fsp3) is 0.444. The molecule has 4 amide bonds. The molecule has 0 spiro atoms. The quantitative estimate of drug-likeness (QED) is 0.612. The zero-order chi connectivity index (χ0) is 26.2. The fourth-order valence-electron chi connectivity index (χ4n) is 4.26. The number of carbonyl (C=O) groups excluding carboxylic acids is 3. The van der Waals surface area contributed by atoms with E-state index >= 15 is 0 Å². The van der Waals surface area contributed by atoms with Gasteiger partial charge in [0.15, 0.2) is 11.5 Å². The minimum atomic E-state index is -0.358. The van der Waals surface area contributed by atoms with Gasteiger partial charge in [0.25, 0.3) is 0 Å². The predicted molar refractivity (Wildman–Crippen MR) is 136 cm³/mol. The smallest absolute Gasteiger partial charge is 0.324 e. The Hall–Kier alpha value is -3.75. The summed E-state index contributed by atoms with van der Waals surface area (Å²) in [6.07, 6.45) is 3.45. The molecular formula is C27H35N3O6. The van der Waals surface area contributed by atoms with Gasteiger partial charge in [0.2, 0.25) is 17.6 Å². The van der Waals surface area contributed by atoms with E-state index < -0.39 is 0 Å². The Morgan fingerprint density at radius 1 is 0.917 bits per heavy atom. The Labute approximate surface area is 212 Å². The first-order chi connectivity index (χ1) is 17.3. The Kier molecular flexibility index (Phi) is 9.16. The maximum Gasteiger partial charge on any atom is 0.324 e. The SMILES string of the molecule is CC1CCCCN(C)C1=O.COc1cc(-c2ccc(CN3C(=O)CNC3=O)cc2)cc(OC)c1OC. The summed E-state index contributed by atoms with van der Waals surface area (Å²) in [4.78, 5) is 37.6. The van der Waals surface area contributed by atoms with Crippen LogP contribution in [0.15, 0.2) is 36.4 Å². The molecule has 36 heavy (non-hydrogen) atoms. The summed E-state index contributed by atoms with van der Waals surface area (Å²) in [5.41, 5.74) is 2.72. The van der Waals surface area contributed by atoms with Crippen molar-refractivity contribution in [3.8, 4) is 28.4 Å². The molecule has 2 heterocycles. The summed E-state index contributed by atoms with van der Waals surface area (Å²) in [5.74, 6) is 2.04. The number of rotatable bonds is 6. The Bertz CT molecular complexity index is 1030. The second kappa shape index (κ2) is 12.3. The highest BCUT2D eigenvalue weighted by Crippen LogP contribution is 2.41. The normalized spacial score (nSPS) is 17.7. The maximum absolute atomic E-state index is 11.7. The highest BCUT2D eigenvalue weighted by atomic mass is 16.5. The van der Waals surface area contributed by atoms with Crippen molar-refractivity contribution in [1.29, 1.82) is 0 Å². The molecule has 2 aliphatic rings. The number of carbonyl (C=O) groups is 3. The van der Waals surface area contributed by atoms with Crippen LogP contribution in [0.4, 0.5) is 4.79 Å². The standard InChI is InChI=1S/C19H20N2O5.C8H15NO/c1-24-15-8-14(9-16(25-2)18(15)26-3)13-6-4-12(5-7-13)11-21-17(22)10-20-19(21)23;1-7-5-3-4-6-9(2)8(7)10/h4-9H,10-11H2,1-3H3,(H,20,23);7H,3-6H2,1-2H3. The number of imide groups is 1. The minimum Gasteiger partial charge on any atom is -0.493 e. The molecule has 0 radical (unpaired) electrons. The predicted octanol–water partition coefficient (Wildman–Crippen LogP) is 3.70. The van der Waals surface area contributed by atoms with Crippen LogP contribution in [-0.4, -0.2) is 69.1 Å². The van der Waals surface area contributed by atoms with Crippen LogP contribution < -0.4 is 19.5 Å². The third-order valence-electron chi connectivity index (χ3n) is 6.41. The van der Waals surface area contributed by atoms with Gasteiger partial charge in [-0.3, -0.25) is 14.5 Å². The van der Waals surface area contributed by atoms with Crippen LogP contribution in [0.3, 0.4) is 0 Å². The van der Waals surface area contributed by atoms with Crippen LogP contribution in [0.2, 0.25) is 0 Å². The van der Waals surface area contributed by atoms with Gasteiger partial charge >= 0.3 is 6.03 Å². The fourth-order valence-corrected chi connectivity index (χ4v) is 4.26. The third kappa shape index (κ3) is 6.27. The van der Waals surface area contributed by atoms with Gasteiger partial charge in [-0.15, -0.1) is 0 Å². The maximum atomic E-state index is 11.7. The van der Waals surface area contributed by atoms with Gasteiger partial charge in [0, 0.05) is 19.5 Å². The monoisotopic (exact) mass is 497 g/mol. The van der Waals surface area contributed by atoms with Crippen LogP contribution in [0.5, 0.6) is 17.2 Å². The van der Waals surface area contributed by atoms with E-state index in [0.29, 0.717) is 23.2 Å². The molecule has 2 aromatic rings. The lowest BCUT2D eigenvalue weighted by Crippen LogP contribution is -2.30. The number of ether oxygens (including phenoxy) is 3. The Morgan fingerprint density at radius 3 is 2.08 bits per heavy atom. The Morgan fingerprint density at radius 2 is 1.56 bits per heavy atom. The average Bonchev–Trinajstić information content (AvgIpc) is 3.13. The van der Waals surface area contributed by atoms with E-state index in [1.165, 1.54) is 17.7 Å². The Balaban J connectivity index is 0.000000303. The number of methoxy groups -OCH3 is 3. The number of amides is 4. The molecule has 9 heteroatoms. The summed E-state index contributed by atoms with van der Waals surface area (Å²) < 4.78 is 16.1. The molecule has 1 unspecified atom stereocenters. The molecule has 2 aromatic carbocycles. The number of hydrogen-bond donors (Lipinski definition) is 1. The van der Waals surface area contributed by atoms with Gasteiger partial charge in [-0.1, -0.05) is 37.6 Å².